The van der Waals surface area contributed by atoms with Gasteiger partial charge in [-0.2, -0.15) is 0 Å². The van der Waals surface area contributed by atoms with E-state index >= 15 is 4.39 Å². The first kappa shape index (κ1) is 20.2. The van der Waals surface area contributed by atoms with E-state index in [-0.39, 0.29) is 5.69 Å². The third kappa shape index (κ3) is 3.42. The standard InChI is InChI=1S/C25H24ClFN4/c1-28-24-20(25(29-2)31-13-16-10-11-17(14-31)30-16)12-21(26)22(23(24)27)19-9-5-7-15-6-3-4-8-18(15)19/h3-9,12,16-17,30H,1,10-11,13-14H2,2H3/b29-25+. The molecular formula is C25H24ClFN4. The summed E-state index contributed by atoms with van der Waals surface area (Å²) in [5.74, 6) is 0.249. The molecule has 2 atom stereocenters. The number of likely N-dealkylation sites (tertiary alicyclic amines) is 1. The van der Waals surface area contributed by atoms with Gasteiger partial charge in [0.1, 0.15) is 11.5 Å². The van der Waals surface area contributed by atoms with Gasteiger partial charge >= 0.3 is 0 Å². The number of hydrogen-bond donors (Lipinski definition) is 1. The highest BCUT2D eigenvalue weighted by Crippen LogP contribution is 2.41. The summed E-state index contributed by atoms with van der Waals surface area (Å²) in [5, 5.41) is 5.93. The zero-order chi connectivity index (χ0) is 21.5. The molecule has 0 aromatic heterocycles. The van der Waals surface area contributed by atoms with Crippen LogP contribution in [0.25, 0.3) is 21.9 Å². The number of rotatable bonds is 3. The van der Waals surface area contributed by atoms with Gasteiger partial charge in [0.2, 0.25) is 0 Å². The average molecular weight is 435 g/mol. The molecule has 2 saturated heterocycles. The summed E-state index contributed by atoms with van der Waals surface area (Å²) in [5.41, 5.74) is 1.87. The van der Waals surface area contributed by atoms with Gasteiger partial charge in [-0.15, -0.1) is 0 Å². The van der Waals surface area contributed by atoms with Crippen LogP contribution >= 0.6 is 11.6 Å². The second kappa shape index (κ2) is 8.06. The fraction of sp³-hybridized carbons (Fsp3) is 0.280. The lowest BCUT2D eigenvalue weighted by Gasteiger charge is -2.35. The molecule has 2 fully saturated rings. The molecule has 0 radical (unpaired) electrons. The first-order valence-electron chi connectivity index (χ1n) is 10.6. The molecule has 0 spiro atoms. The number of aliphatic imine (C=N–C) groups is 2. The van der Waals surface area contributed by atoms with Crippen LogP contribution in [0.2, 0.25) is 5.02 Å². The number of nitrogens with zero attached hydrogens (tertiary/aromatic N) is 3. The molecule has 2 aliphatic rings. The minimum atomic E-state index is -0.465. The fourth-order valence-corrected chi connectivity index (χ4v) is 5.32. The van der Waals surface area contributed by atoms with Gasteiger partial charge in [-0.25, -0.2) is 4.39 Å². The summed E-state index contributed by atoms with van der Waals surface area (Å²) in [6.07, 6.45) is 2.31. The SMILES string of the molecule is C=Nc1c(/C(=N\C)N2CC3CCC(C2)N3)cc(Cl)c(-c2cccc3ccccc23)c1F. The van der Waals surface area contributed by atoms with Crippen LogP contribution < -0.4 is 5.32 Å². The van der Waals surface area contributed by atoms with Crippen molar-refractivity contribution in [1.82, 2.24) is 10.2 Å². The van der Waals surface area contributed by atoms with Gasteiger partial charge in [0, 0.05) is 43.3 Å². The molecule has 3 aromatic rings. The van der Waals surface area contributed by atoms with Crippen molar-refractivity contribution in [3.05, 3.63) is 64.9 Å². The third-order valence-corrected chi connectivity index (χ3v) is 6.68. The monoisotopic (exact) mass is 434 g/mol. The van der Waals surface area contributed by atoms with E-state index in [4.69, 9.17) is 11.6 Å². The largest absolute Gasteiger partial charge is 0.353 e. The van der Waals surface area contributed by atoms with Crippen molar-refractivity contribution < 1.29 is 4.39 Å². The van der Waals surface area contributed by atoms with Crippen LogP contribution in [0, 0.1) is 5.82 Å². The minimum Gasteiger partial charge on any atom is -0.353 e. The predicted octanol–water partition coefficient (Wildman–Crippen LogP) is 5.44. The number of amidine groups is 1. The van der Waals surface area contributed by atoms with Crippen LogP contribution in [0.1, 0.15) is 18.4 Å². The quantitative estimate of drug-likeness (QED) is 0.440. The maximum absolute atomic E-state index is 15.9. The Hall–Kier alpha value is -2.76. The highest BCUT2D eigenvalue weighted by Gasteiger charge is 2.35. The minimum absolute atomic E-state index is 0.193. The second-order valence-corrected chi connectivity index (χ2v) is 8.63. The number of benzene rings is 3. The summed E-state index contributed by atoms with van der Waals surface area (Å²) in [4.78, 5) is 10.8. The first-order valence-corrected chi connectivity index (χ1v) is 10.9. The molecule has 0 amide bonds. The van der Waals surface area contributed by atoms with Crippen molar-refractivity contribution in [3.8, 4) is 11.1 Å². The van der Waals surface area contributed by atoms with E-state index in [1.165, 1.54) is 0 Å². The lowest BCUT2D eigenvalue weighted by Crippen LogP contribution is -2.53. The smallest absolute Gasteiger partial charge is 0.158 e. The summed E-state index contributed by atoms with van der Waals surface area (Å²) >= 11 is 6.72. The van der Waals surface area contributed by atoms with Crippen LogP contribution in [-0.2, 0) is 0 Å². The molecule has 6 heteroatoms. The Morgan fingerprint density at radius 2 is 1.84 bits per heavy atom. The van der Waals surface area contributed by atoms with Gasteiger partial charge in [-0.05, 0) is 42.0 Å². The molecule has 31 heavy (non-hydrogen) atoms. The van der Waals surface area contributed by atoms with Crippen LogP contribution in [-0.4, -0.2) is 49.7 Å². The molecule has 5 rings (SSSR count). The van der Waals surface area contributed by atoms with Crippen molar-refractivity contribution in [2.75, 3.05) is 20.1 Å². The summed E-state index contributed by atoms with van der Waals surface area (Å²) in [6, 6.07) is 16.4. The third-order valence-electron chi connectivity index (χ3n) is 6.38. The normalized spacial score (nSPS) is 21.0. The Bertz CT molecular complexity index is 1190. The van der Waals surface area contributed by atoms with Gasteiger partial charge in [0.05, 0.1) is 5.02 Å². The van der Waals surface area contributed by atoms with E-state index in [0.29, 0.717) is 34.1 Å². The molecule has 2 bridgehead atoms. The summed E-state index contributed by atoms with van der Waals surface area (Å²) in [6.45, 7) is 5.34. The molecule has 0 saturated carbocycles. The lowest BCUT2D eigenvalue weighted by molar-refractivity contribution is 0.289. The zero-order valence-corrected chi connectivity index (χ0v) is 18.2. The number of hydrogen-bond acceptors (Lipinski definition) is 3. The van der Waals surface area contributed by atoms with Crippen LogP contribution in [0.5, 0.6) is 0 Å². The van der Waals surface area contributed by atoms with Gasteiger partial charge in [-0.3, -0.25) is 9.98 Å². The van der Waals surface area contributed by atoms with Crippen molar-refractivity contribution in [2.45, 2.75) is 24.9 Å². The molecule has 3 aromatic carbocycles. The molecule has 158 valence electrons. The van der Waals surface area contributed by atoms with Crippen molar-refractivity contribution in [1.29, 1.82) is 0 Å². The van der Waals surface area contributed by atoms with Crippen molar-refractivity contribution in [2.24, 2.45) is 9.98 Å². The van der Waals surface area contributed by atoms with E-state index in [2.05, 4.69) is 26.9 Å². The number of piperazine rings is 1. The first-order chi connectivity index (χ1) is 15.1. The van der Waals surface area contributed by atoms with E-state index in [1.807, 2.05) is 42.5 Å². The molecular weight excluding hydrogens is 411 g/mol. The predicted molar refractivity (Wildman–Crippen MR) is 128 cm³/mol. The number of fused-ring (bicyclic) bond motifs is 3. The van der Waals surface area contributed by atoms with Gasteiger partial charge in [0.15, 0.2) is 5.82 Å². The molecule has 4 nitrogen and oxygen atoms in total. The van der Waals surface area contributed by atoms with Crippen LogP contribution in [0.3, 0.4) is 0 Å². The fourth-order valence-electron chi connectivity index (χ4n) is 5.03. The molecule has 2 unspecified atom stereocenters. The summed E-state index contributed by atoms with van der Waals surface area (Å²) < 4.78 is 15.9. The molecule has 0 aliphatic carbocycles. The second-order valence-electron chi connectivity index (χ2n) is 8.22. The highest BCUT2D eigenvalue weighted by molar-refractivity contribution is 6.34. The maximum atomic E-state index is 15.9. The Kier molecular flexibility index (Phi) is 5.24. The van der Waals surface area contributed by atoms with E-state index in [0.717, 1.165) is 42.3 Å². The number of nitrogens with one attached hydrogen (secondary N) is 1. The molecule has 2 heterocycles. The zero-order valence-electron chi connectivity index (χ0n) is 17.4. The van der Waals surface area contributed by atoms with E-state index < -0.39 is 5.82 Å². The molecule has 1 N–H and O–H groups in total. The van der Waals surface area contributed by atoms with Gasteiger partial charge in [0.25, 0.3) is 0 Å². The number of halogens is 2. The van der Waals surface area contributed by atoms with E-state index in [9.17, 15) is 0 Å². The van der Waals surface area contributed by atoms with Crippen LogP contribution in [0.4, 0.5) is 10.1 Å². The topological polar surface area (TPSA) is 40.0 Å². The van der Waals surface area contributed by atoms with Crippen molar-refractivity contribution >= 4 is 40.6 Å². The van der Waals surface area contributed by atoms with Gasteiger partial charge in [-0.1, -0.05) is 54.1 Å². The Morgan fingerprint density at radius 1 is 1.13 bits per heavy atom. The van der Waals surface area contributed by atoms with E-state index in [1.54, 1.807) is 13.1 Å². The summed E-state index contributed by atoms with van der Waals surface area (Å²) in [7, 11) is 1.73. The Labute approximate surface area is 186 Å². The Balaban J connectivity index is 1.65. The molecule has 2 aliphatic heterocycles. The lowest BCUT2D eigenvalue weighted by atomic mass is 9.95. The maximum Gasteiger partial charge on any atom is 0.158 e. The van der Waals surface area contributed by atoms with Crippen LogP contribution in [0.15, 0.2) is 58.5 Å². The van der Waals surface area contributed by atoms with Gasteiger partial charge < -0.3 is 10.2 Å². The average Bonchev–Trinajstić information content (AvgIpc) is 3.12. The van der Waals surface area contributed by atoms with Crippen molar-refractivity contribution in [3.63, 3.8) is 0 Å². The highest BCUT2D eigenvalue weighted by atomic mass is 35.5. The Morgan fingerprint density at radius 3 is 2.55 bits per heavy atom.